The third kappa shape index (κ3) is 7.11. The van der Waals surface area contributed by atoms with E-state index in [4.69, 9.17) is 9.47 Å². The maximum atomic E-state index is 11.8. The second kappa shape index (κ2) is 11.4. The van der Waals surface area contributed by atoms with E-state index < -0.39 is 18.5 Å². The highest BCUT2D eigenvalue weighted by Gasteiger charge is 2.11. The van der Waals surface area contributed by atoms with Gasteiger partial charge in [0.2, 0.25) is 5.91 Å². The van der Waals surface area contributed by atoms with Crippen LogP contribution in [-0.2, 0) is 19.1 Å². The van der Waals surface area contributed by atoms with Crippen LogP contribution < -0.4 is 15.4 Å². The average molecular weight is 384 g/mol. The number of rotatable bonds is 10. The van der Waals surface area contributed by atoms with Crippen molar-refractivity contribution < 1.29 is 23.9 Å². The van der Waals surface area contributed by atoms with Crippen LogP contribution in [0, 0.1) is 0 Å². The third-order valence-corrected chi connectivity index (χ3v) is 3.70. The van der Waals surface area contributed by atoms with Gasteiger partial charge < -0.3 is 20.1 Å². The molecule has 0 heterocycles. The second-order valence-electron chi connectivity index (χ2n) is 5.94. The minimum absolute atomic E-state index is 0.155. The monoisotopic (exact) mass is 384 g/mol. The van der Waals surface area contributed by atoms with Crippen molar-refractivity contribution in [1.29, 1.82) is 0 Å². The minimum atomic E-state index is -0.673. The van der Waals surface area contributed by atoms with Crippen LogP contribution in [0.2, 0.25) is 0 Å². The molecule has 7 nitrogen and oxygen atoms in total. The number of nitrogens with one attached hydrogen (secondary N) is 2. The van der Waals surface area contributed by atoms with E-state index >= 15 is 0 Å². The number of hydrogen-bond donors (Lipinski definition) is 2. The van der Waals surface area contributed by atoms with E-state index in [0.717, 1.165) is 17.5 Å². The number of carbonyl (C=O) groups is 3. The molecule has 0 atom stereocenters. The van der Waals surface area contributed by atoms with Crippen molar-refractivity contribution in [2.45, 2.75) is 13.3 Å². The molecule has 2 amide bonds. The number of hydrogen-bond acceptors (Lipinski definition) is 5. The zero-order chi connectivity index (χ0) is 20.2. The summed E-state index contributed by atoms with van der Waals surface area (Å²) >= 11 is 0. The van der Waals surface area contributed by atoms with E-state index in [2.05, 4.69) is 10.6 Å². The predicted molar refractivity (Wildman–Crippen MR) is 105 cm³/mol. The highest BCUT2D eigenvalue weighted by Crippen LogP contribution is 2.29. The molecule has 0 radical (unpaired) electrons. The molecule has 148 valence electrons. The van der Waals surface area contributed by atoms with Gasteiger partial charge >= 0.3 is 5.97 Å². The van der Waals surface area contributed by atoms with Gasteiger partial charge in [-0.25, -0.2) is 4.79 Å². The van der Waals surface area contributed by atoms with E-state index in [9.17, 15) is 14.4 Å². The first-order valence-corrected chi connectivity index (χ1v) is 9.06. The lowest BCUT2D eigenvalue weighted by atomic mass is 10.1. The molecule has 2 rings (SSSR count). The molecule has 0 spiro atoms. The van der Waals surface area contributed by atoms with E-state index in [1.807, 2.05) is 55.5 Å². The van der Waals surface area contributed by atoms with Gasteiger partial charge in [-0.05, 0) is 18.1 Å². The summed E-state index contributed by atoms with van der Waals surface area (Å²) in [5, 5.41) is 5.01. The van der Waals surface area contributed by atoms with E-state index in [1.165, 1.54) is 0 Å². The van der Waals surface area contributed by atoms with Crippen LogP contribution in [0.4, 0.5) is 0 Å². The topological polar surface area (TPSA) is 93.7 Å². The van der Waals surface area contributed by atoms with Crippen LogP contribution in [-0.4, -0.2) is 44.1 Å². The van der Waals surface area contributed by atoms with Crippen molar-refractivity contribution in [3.63, 3.8) is 0 Å². The lowest BCUT2D eigenvalue weighted by Gasteiger charge is -2.11. The maximum Gasteiger partial charge on any atom is 0.344 e. The molecule has 28 heavy (non-hydrogen) atoms. The lowest BCUT2D eigenvalue weighted by Crippen LogP contribution is -2.39. The Hall–Kier alpha value is -3.35. The van der Waals surface area contributed by atoms with Crippen LogP contribution in [0.25, 0.3) is 11.1 Å². The van der Waals surface area contributed by atoms with Crippen molar-refractivity contribution in [1.82, 2.24) is 10.6 Å². The number of carbonyl (C=O) groups excluding carboxylic acids is 3. The summed E-state index contributed by atoms with van der Waals surface area (Å²) in [6, 6.07) is 17.0. The Kier molecular flexibility index (Phi) is 8.52. The largest absolute Gasteiger partial charge is 0.481 e. The Balaban J connectivity index is 1.76. The summed E-state index contributed by atoms with van der Waals surface area (Å²) in [5.74, 6) is -0.969. The normalized spacial score (nSPS) is 10.0. The first kappa shape index (κ1) is 21.0. The fraction of sp³-hybridized carbons (Fsp3) is 0.286. The van der Waals surface area contributed by atoms with Gasteiger partial charge in [-0.15, -0.1) is 0 Å². The van der Waals surface area contributed by atoms with Gasteiger partial charge in [0.05, 0.1) is 6.54 Å². The molecular weight excluding hydrogens is 360 g/mol. The lowest BCUT2D eigenvalue weighted by molar-refractivity contribution is -0.150. The molecule has 0 aromatic heterocycles. The Morgan fingerprint density at radius 3 is 2.32 bits per heavy atom. The zero-order valence-corrected chi connectivity index (χ0v) is 15.8. The Labute approximate surface area is 164 Å². The standard InChI is InChI=1S/C21H24N2O5/c1-2-12-22-19(24)13-23-20(25)14-28-21(26)15-27-18-11-7-6-10-17(18)16-8-4-3-5-9-16/h3-11H,2,12-15H2,1H3,(H,22,24)(H,23,25). The molecule has 0 bridgehead atoms. The minimum Gasteiger partial charge on any atom is -0.481 e. The van der Waals surface area contributed by atoms with Crippen LogP contribution in [0.3, 0.4) is 0 Å². The van der Waals surface area contributed by atoms with Crippen molar-refractivity contribution in [2.75, 3.05) is 26.3 Å². The summed E-state index contributed by atoms with van der Waals surface area (Å²) in [5.41, 5.74) is 1.82. The Bertz CT molecular complexity index is 792. The summed E-state index contributed by atoms with van der Waals surface area (Å²) in [4.78, 5) is 34.9. The molecule has 0 aliphatic carbocycles. The van der Waals surface area contributed by atoms with Crippen molar-refractivity contribution in [3.8, 4) is 16.9 Å². The van der Waals surface area contributed by atoms with Gasteiger partial charge in [0.15, 0.2) is 13.2 Å². The SMILES string of the molecule is CCCNC(=O)CNC(=O)COC(=O)COc1ccccc1-c1ccccc1. The third-order valence-electron chi connectivity index (χ3n) is 3.70. The van der Waals surface area contributed by atoms with Gasteiger partial charge in [-0.3, -0.25) is 9.59 Å². The molecule has 2 aromatic carbocycles. The highest BCUT2D eigenvalue weighted by molar-refractivity contribution is 5.86. The summed E-state index contributed by atoms with van der Waals surface area (Å²) < 4.78 is 10.4. The zero-order valence-electron chi connectivity index (χ0n) is 15.8. The number of benzene rings is 2. The number of amides is 2. The molecular formula is C21H24N2O5. The van der Waals surface area contributed by atoms with Crippen LogP contribution in [0.15, 0.2) is 54.6 Å². The maximum absolute atomic E-state index is 11.8. The molecule has 0 aliphatic heterocycles. The summed E-state index contributed by atoms with van der Waals surface area (Å²) in [7, 11) is 0. The Morgan fingerprint density at radius 2 is 1.57 bits per heavy atom. The fourth-order valence-corrected chi connectivity index (χ4v) is 2.33. The van der Waals surface area contributed by atoms with Gasteiger partial charge in [0.25, 0.3) is 5.91 Å². The summed E-state index contributed by atoms with van der Waals surface area (Å²) in [6.07, 6.45) is 0.810. The number of para-hydroxylation sites is 1. The summed E-state index contributed by atoms with van der Waals surface area (Å²) in [6.45, 7) is 1.53. The molecule has 0 saturated carbocycles. The molecule has 0 fully saturated rings. The van der Waals surface area contributed by atoms with Crippen LogP contribution in [0.1, 0.15) is 13.3 Å². The second-order valence-corrected chi connectivity index (χ2v) is 5.94. The van der Waals surface area contributed by atoms with Crippen molar-refractivity contribution in [3.05, 3.63) is 54.6 Å². The van der Waals surface area contributed by atoms with Crippen molar-refractivity contribution >= 4 is 17.8 Å². The highest BCUT2D eigenvalue weighted by atomic mass is 16.6. The average Bonchev–Trinajstić information content (AvgIpc) is 2.74. The molecule has 0 saturated heterocycles. The fourth-order valence-electron chi connectivity index (χ4n) is 2.33. The smallest absolute Gasteiger partial charge is 0.344 e. The van der Waals surface area contributed by atoms with E-state index in [1.54, 1.807) is 6.07 Å². The van der Waals surface area contributed by atoms with Crippen molar-refractivity contribution in [2.24, 2.45) is 0 Å². The predicted octanol–water partition coefficient (Wildman–Crippen LogP) is 1.92. The first-order chi connectivity index (χ1) is 13.6. The quantitative estimate of drug-likeness (QED) is 0.611. The molecule has 7 heteroatoms. The molecule has 0 aliphatic rings. The van der Waals surface area contributed by atoms with Gasteiger partial charge in [0, 0.05) is 12.1 Å². The van der Waals surface area contributed by atoms with Gasteiger partial charge in [-0.2, -0.15) is 0 Å². The molecule has 2 aromatic rings. The molecule has 2 N–H and O–H groups in total. The molecule has 0 unspecified atom stereocenters. The first-order valence-electron chi connectivity index (χ1n) is 9.06. The number of esters is 1. The van der Waals surface area contributed by atoms with Crippen LogP contribution in [0.5, 0.6) is 5.75 Å². The van der Waals surface area contributed by atoms with Crippen LogP contribution >= 0.6 is 0 Å². The van der Waals surface area contributed by atoms with E-state index in [0.29, 0.717) is 12.3 Å². The Morgan fingerprint density at radius 1 is 0.857 bits per heavy atom. The number of ether oxygens (including phenoxy) is 2. The van der Waals surface area contributed by atoms with Gasteiger partial charge in [-0.1, -0.05) is 55.5 Å². The van der Waals surface area contributed by atoms with Gasteiger partial charge in [0.1, 0.15) is 5.75 Å². The van der Waals surface area contributed by atoms with E-state index in [-0.39, 0.29) is 19.1 Å².